The molecule has 2 aromatic rings. The molecule has 0 aliphatic carbocycles. The first-order valence-electron chi connectivity index (χ1n) is 7.76. The molecule has 0 spiro atoms. The van der Waals surface area contributed by atoms with Gasteiger partial charge >= 0.3 is 0 Å². The Bertz CT molecular complexity index is 798. The molecular formula is C19H17ClN2O2. The second-order valence-corrected chi connectivity index (χ2v) is 6.30. The minimum Gasteiger partial charge on any atom is -0.376 e. The third-order valence-electron chi connectivity index (χ3n) is 3.93. The van der Waals surface area contributed by atoms with E-state index in [9.17, 15) is 9.90 Å². The molecule has 0 bridgehead atoms. The molecule has 0 saturated carbocycles. The van der Waals surface area contributed by atoms with E-state index >= 15 is 0 Å². The smallest absolute Gasteiger partial charge is 0.255 e. The van der Waals surface area contributed by atoms with Gasteiger partial charge in [-0.2, -0.15) is 0 Å². The molecule has 1 aromatic carbocycles. The molecule has 1 atom stereocenters. The molecule has 1 aliphatic heterocycles. The molecule has 0 radical (unpaired) electrons. The molecule has 1 saturated heterocycles. The summed E-state index contributed by atoms with van der Waals surface area (Å²) in [5, 5.41) is 11.4. The maximum atomic E-state index is 12.5. The predicted molar refractivity (Wildman–Crippen MR) is 92.7 cm³/mol. The summed E-state index contributed by atoms with van der Waals surface area (Å²) in [6, 6.07) is 10.6. The van der Waals surface area contributed by atoms with E-state index in [4.69, 9.17) is 11.6 Å². The lowest BCUT2D eigenvalue weighted by molar-refractivity contribution is 0.0153. The number of β-amino-alcohol motifs (C(OH)–C–C–N with tert-alkyl or cyclic N) is 1. The van der Waals surface area contributed by atoms with E-state index in [0.29, 0.717) is 30.0 Å². The molecule has 1 N–H and O–H groups in total. The van der Waals surface area contributed by atoms with E-state index in [1.54, 1.807) is 35.4 Å². The number of aromatic nitrogens is 1. The Hall–Kier alpha value is -2.35. The molecule has 122 valence electrons. The van der Waals surface area contributed by atoms with Gasteiger partial charge in [-0.3, -0.25) is 9.78 Å². The van der Waals surface area contributed by atoms with Gasteiger partial charge in [-0.05, 0) is 43.2 Å². The standard InChI is InChI=1S/C19H17ClN2O2/c20-17-6-1-4-15(12-17)7-9-19(24)8-3-11-22(14-19)18(23)16-5-2-10-21-13-16/h1-2,4-6,10,12-13,24H,3,8,11,14H2. The highest BCUT2D eigenvalue weighted by Crippen LogP contribution is 2.22. The molecule has 1 fully saturated rings. The quantitative estimate of drug-likeness (QED) is 0.812. The summed E-state index contributed by atoms with van der Waals surface area (Å²) in [4.78, 5) is 18.1. The summed E-state index contributed by atoms with van der Waals surface area (Å²) in [6.07, 6.45) is 4.40. The van der Waals surface area contributed by atoms with Crippen LogP contribution in [-0.4, -0.2) is 39.6 Å². The van der Waals surface area contributed by atoms with Crippen molar-refractivity contribution in [1.82, 2.24) is 9.88 Å². The van der Waals surface area contributed by atoms with Crippen LogP contribution in [0.4, 0.5) is 0 Å². The Morgan fingerprint density at radius 2 is 2.21 bits per heavy atom. The number of amides is 1. The minimum absolute atomic E-state index is 0.134. The Balaban J connectivity index is 1.76. The Kier molecular flexibility index (Phi) is 4.84. The normalized spacial score (nSPS) is 20.2. The highest BCUT2D eigenvalue weighted by atomic mass is 35.5. The molecule has 3 rings (SSSR count). The first kappa shape index (κ1) is 16.5. The lowest BCUT2D eigenvalue weighted by atomic mass is 9.92. The summed E-state index contributed by atoms with van der Waals surface area (Å²) in [5.41, 5.74) is 0.0505. The van der Waals surface area contributed by atoms with Gasteiger partial charge in [-0.25, -0.2) is 0 Å². The van der Waals surface area contributed by atoms with Gasteiger partial charge in [-0.15, -0.1) is 0 Å². The predicted octanol–water partition coefficient (Wildman–Crippen LogP) is 2.75. The Morgan fingerprint density at radius 1 is 1.33 bits per heavy atom. The van der Waals surface area contributed by atoms with Crippen molar-refractivity contribution in [2.45, 2.75) is 18.4 Å². The SMILES string of the molecule is O=C(c1cccnc1)N1CCCC(O)(C#Cc2cccc(Cl)c2)C1. The molecule has 1 aliphatic rings. The first-order valence-corrected chi connectivity index (χ1v) is 8.14. The van der Waals surface area contributed by atoms with Crippen LogP contribution in [0.2, 0.25) is 5.02 Å². The maximum absolute atomic E-state index is 12.5. The molecule has 1 aromatic heterocycles. The fourth-order valence-corrected chi connectivity index (χ4v) is 2.93. The number of piperidine rings is 1. The van der Waals surface area contributed by atoms with Crippen molar-refractivity contribution in [3.05, 3.63) is 64.9 Å². The molecular weight excluding hydrogens is 324 g/mol. The number of carbonyl (C=O) groups excluding carboxylic acids is 1. The van der Waals surface area contributed by atoms with Gasteiger partial charge in [0.25, 0.3) is 5.91 Å². The Morgan fingerprint density at radius 3 is 2.96 bits per heavy atom. The Labute approximate surface area is 146 Å². The second kappa shape index (κ2) is 7.04. The van der Waals surface area contributed by atoms with Gasteiger partial charge in [-0.1, -0.05) is 29.5 Å². The summed E-state index contributed by atoms with van der Waals surface area (Å²) < 4.78 is 0. The number of hydrogen-bond acceptors (Lipinski definition) is 3. The van der Waals surface area contributed by atoms with Crippen molar-refractivity contribution in [3.8, 4) is 11.8 Å². The zero-order chi connectivity index (χ0) is 17.0. The van der Waals surface area contributed by atoms with E-state index in [1.165, 1.54) is 6.20 Å². The largest absolute Gasteiger partial charge is 0.376 e. The van der Waals surface area contributed by atoms with Crippen LogP contribution in [0.25, 0.3) is 0 Å². The number of nitrogens with zero attached hydrogens (tertiary/aromatic N) is 2. The van der Waals surface area contributed by atoms with Gasteiger partial charge in [0, 0.05) is 29.5 Å². The number of carbonyl (C=O) groups is 1. The topological polar surface area (TPSA) is 53.4 Å². The van der Waals surface area contributed by atoms with Crippen molar-refractivity contribution in [3.63, 3.8) is 0 Å². The fraction of sp³-hybridized carbons (Fsp3) is 0.263. The van der Waals surface area contributed by atoms with E-state index in [1.807, 2.05) is 12.1 Å². The molecule has 4 nitrogen and oxygen atoms in total. The van der Waals surface area contributed by atoms with Gasteiger partial charge in [0.15, 0.2) is 0 Å². The van der Waals surface area contributed by atoms with Crippen molar-refractivity contribution in [2.75, 3.05) is 13.1 Å². The second-order valence-electron chi connectivity index (χ2n) is 5.86. The van der Waals surface area contributed by atoms with Gasteiger partial charge in [0.1, 0.15) is 5.60 Å². The van der Waals surface area contributed by atoms with Gasteiger partial charge < -0.3 is 10.0 Å². The zero-order valence-electron chi connectivity index (χ0n) is 13.1. The monoisotopic (exact) mass is 340 g/mol. The number of rotatable bonds is 1. The summed E-state index contributed by atoms with van der Waals surface area (Å²) in [6.45, 7) is 0.795. The van der Waals surface area contributed by atoms with E-state index in [0.717, 1.165) is 5.56 Å². The number of halogens is 1. The summed E-state index contributed by atoms with van der Waals surface area (Å²) >= 11 is 5.94. The highest BCUT2D eigenvalue weighted by molar-refractivity contribution is 6.30. The minimum atomic E-state index is -1.21. The molecule has 2 heterocycles. The van der Waals surface area contributed by atoms with Crippen LogP contribution < -0.4 is 0 Å². The van der Waals surface area contributed by atoms with Crippen LogP contribution >= 0.6 is 11.6 Å². The number of likely N-dealkylation sites (tertiary alicyclic amines) is 1. The van der Waals surface area contributed by atoms with Crippen LogP contribution in [0.1, 0.15) is 28.8 Å². The highest BCUT2D eigenvalue weighted by Gasteiger charge is 2.34. The van der Waals surface area contributed by atoms with Crippen LogP contribution in [0.5, 0.6) is 0 Å². The zero-order valence-corrected chi connectivity index (χ0v) is 13.8. The summed E-state index contributed by atoms with van der Waals surface area (Å²) in [7, 11) is 0. The molecule has 1 unspecified atom stereocenters. The van der Waals surface area contributed by atoms with Crippen molar-refractivity contribution >= 4 is 17.5 Å². The molecule has 24 heavy (non-hydrogen) atoms. The number of hydrogen-bond donors (Lipinski definition) is 1. The lowest BCUT2D eigenvalue weighted by Crippen LogP contribution is -2.49. The number of pyridine rings is 1. The van der Waals surface area contributed by atoms with Crippen LogP contribution in [-0.2, 0) is 0 Å². The maximum Gasteiger partial charge on any atom is 0.255 e. The average molecular weight is 341 g/mol. The first-order chi connectivity index (χ1) is 11.6. The summed E-state index contributed by atoms with van der Waals surface area (Å²) in [5.74, 6) is 5.74. The van der Waals surface area contributed by atoms with Gasteiger partial charge in [0.2, 0.25) is 0 Å². The number of aliphatic hydroxyl groups is 1. The van der Waals surface area contributed by atoms with Crippen LogP contribution in [0.15, 0.2) is 48.8 Å². The molecule has 5 heteroatoms. The average Bonchev–Trinajstić information content (AvgIpc) is 2.60. The fourth-order valence-electron chi connectivity index (χ4n) is 2.74. The van der Waals surface area contributed by atoms with Crippen LogP contribution in [0, 0.1) is 11.8 Å². The van der Waals surface area contributed by atoms with E-state index in [-0.39, 0.29) is 12.5 Å². The van der Waals surface area contributed by atoms with Crippen molar-refractivity contribution < 1.29 is 9.90 Å². The molecule has 1 amide bonds. The van der Waals surface area contributed by atoms with Crippen LogP contribution in [0.3, 0.4) is 0 Å². The van der Waals surface area contributed by atoms with Gasteiger partial charge in [0.05, 0.1) is 12.1 Å². The third kappa shape index (κ3) is 3.94. The number of benzene rings is 1. The van der Waals surface area contributed by atoms with E-state index in [2.05, 4.69) is 16.8 Å². The van der Waals surface area contributed by atoms with Crippen molar-refractivity contribution in [2.24, 2.45) is 0 Å². The lowest BCUT2D eigenvalue weighted by Gasteiger charge is -2.36. The van der Waals surface area contributed by atoms with E-state index < -0.39 is 5.60 Å². The third-order valence-corrected chi connectivity index (χ3v) is 4.17. The van der Waals surface area contributed by atoms with Crippen molar-refractivity contribution in [1.29, 1.82) is 0 Å².